The van der Waals surface area contributed by atoms with Crippen molar-refractivity contribution in [2.75, 3.05) is 20.6 Å². The summed E-state index contributed by atoms with van der Waals surface area (Å²) < 4.78 is 0. The maximum absolute atomic E-state index is 11.2. The Morgan fingerprint density at radius 2 is 1.52 bits per heavy atom. The lowest BCUT2D eigenvalue weighted by molar-refractivity contribution is -0.858. The van der Waals surface area contributed by atoms with Crippen LogP contribution in [-0.2, 0) is 6.42 Å². The van der Waals surface area contributed by atoms with Crippen LogP contribution in [-0.4, -0.2) is 31.3 Å². The molecule has 0 saturated carbocycles. The number of hydrogen-bond acceptors (Lipinski definition) is 1. The Morgan fingerprint density at radius 3 is 2.09 bits per heavy atom. The van der Waals surface area contributed by atoms with Crippen LogP contribution in [0.25, 0.3) is 0 Å². The van der Waals surface area contributed by atoms with Gasteiger partial charge in [-0.05, 0) is 37.3 Å². The normalized spacial score (nSPS) is 15.3. The van der Waals surface area contributed by atoms with Gasteiger partial charge in [0.15, 0.2) is 0 Å². The standard InChI is InChI=1S/C21H29NO/c1-21(23,15-10-16-22(2)3)20(19-13-8-5-9-14-19)17-18-11-6-4-7-12-18/h4-9,11-14,20,23H,10,15-17H2,1-3H3/p+1/t20-,21-/m0/s1. The topological polar surface area (TPSA) is 24.7 Å². The molecule has 0 radical (unpaired) electrons. The predicted octanol–water partition coefficient (Wildman–Crippen LogP) is 2.69. The third-order valence-electron chi connectivity index (χ3n) is 4.59. The number of benzene rings is 2. The summed E-state index contributed by atoms with van der Waals surface area (Å²) in [6.07, 6.45) is 2.73. The number of nitrogens with one attached hydrogen (secondary N) is 1. The first-order valence-corrected chi connectivity index (χ1v) is 8.59. The second kappa shape index (κ2) is 8.28. The van der Waals surface area contributed by atoms with E-state index in [1.807, 2.05) is 19.1 Å². The van der Waals surface area contributed by atoms with E-state index < -0.39 is 5.60 Å². The molecule has 2 aromatic carbocycles. The maximum Gasteiger partial charge on any atom is 0.0767 e. The second-order valence-corrected chi connectivity index (χ2v) is 7.07. The van der Waals surface area contributed by atoms with Crippen molar-refractivity contribution in [3.05, 3.63) is 71.8 Å². The fourth-order valence-electron chi connectivity index (χ4n) is 3.21. The molecular weight excluding hydrogens is 282 g/mol. The zero-order valence-corrected chi connectivity index (χ0v) is 14.6. The molecule has 0 saturated heterocycles. The van der Waals surface area contributed by atoms with Crippen molar-refractivity contribution < 1.29 is 10.0 Å². The highest BCUT2D eigenvalue weighted by atomic mass is 16.3. The summed E-state index contributed by atoms with van der Waals surface area (Å²) in [5.74, 6) is 0.114. The second-order valence-electron chi connectivity index (χ2n) is 7.07. The summed E-state index contributed by atoms with van der Waals surface area (Å²) in [5.41, 5.74) is 1.80. The minimum Gasteiger partial charge on any atom is -0.390 e. The Bertz CT molecular complexity index is 563. The average molecular weight is 312 g/mol. The molecule has 0 heterocycles. The lowest BCUT2D eigenvalue weighted by atomic mass is 9.77. The maximum atomic E-state index is 11.2. The lowest BCUT2D eigenvalue weighted by Crippen LogP contribution is -3.05. The van der Waals surface area contributed by atoms with Gasteiger partial charge in [-0.1, -0.05) is 60.7 Å². The molecule has 0 amide bonds. The number of aliphatic hydroxyl groups is 1. The number of rotatable bonds is 8. The van der Waals surface area contributed by atoms with Gasteiger partial charge in [-0.2, -0.15) is 0 Å². The molecular formula is C21H30NO+. The van der Waals surface area contributed by atoms with Crippen LogP contribution in [0.3, 0.4) is 0 Å². The highest BCUT2D eigenvalue weighted by Gasteiger charge is 2.32. The van der Waals surface area contributed by atoms with Crippen LogP contribution in [0.15, 0.2) is 60.7 Å². The molecule has 2 rings (SSSR count). The molecule has 0 fully saturated rings. The molecule has 2 aromatic rings. The van der Waals surface area contributed by atoms with Crippen LogP contribution in [0.1, 0.15) is 36.8 Å². The van der Waals surface area contributed by atoms with Gasteiger partial charge in [-0.15, -0.1) is 0 Å². The van der Waals surface area contributed by atoms with Crippen LogP contribution in [0.4, 0.5) is 0 Å². The fraction of sp³-hybridized carbons (Fsp3) is 0.429. The van der Waals surface area contributed by atoms with Crippen molar-refractivity contribution >= 4 is 0 Å². The van der Waals surface area contributed by atoms with Crippen LogP contribution < -0.4 is 4.90 Å². The SMILES string of the molecule is C[NH+](C)CCC[C@](C)(O)[C@@H](Cc1ccccc1)c1ccccc1. The van der Waals surface area contributed by atoms with E-state index in [0.717, 1.165) is 25.8 Å². The Kier molecular flexibility index (Phi) is 6.37. The lowest BCUT2D eigenvalue weighted by Gasteiger charge is -2.34. The van der Waals surface area contributed by atoms with Gasteiger partial charge in [0, 0.05) is 5.92 Å². The van der Waals surface area contributed by atoms with E-state index in [-0.39, 0.29) is 5.92 Å². The highest BCUT2D eigenvalue weighted by Crippen LogP contribution is 2.34. The van der Waals surface area contributed by atoms with Crippen molar-refractivity contribution in [2.45, 2.75) is 37.7 Å². The first kappa shape index (κ1) is 17.7. The van der Waals surface area contributed by atoms with Gasteiger partial charge >= 0.3 is 0 Å². The molecule has 2 heteroatoms. The number of quaternary nitrogens is 1. The molecule has 0 aliphatic heterocycles. The monoisotopic (exact) mass is 312 g/mol. The molecule has 2 N–H and O–H groups in total. The molecule has 0 spiro atoms. The Morgan fingerprint density at radius 1 is 0.957 bits per heavy atom. The highest BCUT2D eigenvalue weighted by molar-refractivity contribution is 5.27. The summed E-state index contributed by atoms with van der Waals surface area (Å²) in [6.45, 7) is 3.08. The van der Waals surface area contributed by atoms with Gasteiger partial charge in [-0.3, -0.25) is 0 Å². The smallest absolute Gasteiger partial charge is 0.0767 e. The molecule has 2 atom stereocenters. The Hall–Kier alpha value is -1.64. The number of hydrogen-bond donors (Lipinski definition) is 2. The first-order chi connectivity index (χ1) is 11.0. The zero-order valence-electron chi connectivity index (χ0n) is 14.6. The van der Waals surface area contributed by atoms with E-state index >= 15 is 0 Å². The van der Waals surface area contributed by atoms with Gasteiger partial charge in [0.05, 0.1) is 26.2 Å². The van der Waals surface area contributed by atoms with E-state index in [2.05, 4.69) is 62.6 Å². The summed E-state index contributed by atoms with van der Waals surface area (Å²) >= 11 is 0. The Balaban J connectivity index is 2.18. The largest absolute Gasteiger partial charge is 0.390 e. The molecule has 0 aliphatic rings. The molecule has 0 unspecified atom stereocenters. The van der Waals surface area contributed by atoms with E-state index in [9.17, 15) is 5.11 Å². The van der Waals surface area contributed by atoms with Crippen LogP contribution >= 0.6 is 0 Å². The fourth-order valence-corrected chi connectivity index (χ4v) is 3.21. The quantitative estimate of drug-likeness (QED) is 0.770. The van der Waals surface area contributed by atoms with Gasteiger partial charge in [-0.25, -0.2) is 0 Å². The minimum absolute atomic E-state index is 0.114. The summed E-state index contributed by atoms with van der Waals surface area (Å²) in [7, 11) is 4.32. The molecule has 23 heavy (non-hydrogen) atoms. The van der Waals surface area contributed by atoms with Gasteiger partial charge < -0.3 is 10.0 Å². The molecule has 0 aromatic heterocycles. The predicted molar refractivity (Wildman–Crippen MR) is 96.9 cm³/mol. The van der Waals surface area contributed by atoms with Crippen molar-refractivity contribution in [2.24, 2.45) is 0 Å². The van der Waals surface area contributed by atoms with Crippen molar-refractivity contribution in [3.8, 4) is 0 Å². The van der Waals surface area contributed by atoms with Gasteiger partial charge in [0.2, 0.25) is 0 Å². The molecule has 0 bridgehead atoms. The minimum atomic E-state index is -0.702. The third kappa shape index (κ3) is 5.49. The summed E-state index contributed by atoms with van der Waals surface area (Å²) in [4.78, 5) is 1.43. The van der Waals surface area contributed by atoms with Gasteiger partial charge in [0.1, 0.15) is 0 Å². The third-order valence-corrected chi connectivity index (χ3v) is 4.59. The van der Waals surface area contributed by atoms with Crippen molar-refractivity contribution in [1.82, 2.24) is 0 Å². The molecule has 2 nitrogen and oxygen atoms in total. The van der Waals surface area contributed by atoms with Crippen molar-refractivity contribution in [3.63, 3.8) is 0 Å². The van der Waals surface area contributed by atoms with E-state index in [1.165, 1.54) is 16.0 Å². The first-order valence-electron chi connectivity index (χ1n) is 8.59. The van der Waals surface area contributed by atoms with Crippen LogP contribution in [0, 0.1) is 0 Å². The van der Waals surface area contributed by atoms with Crippen LogP contribution in [0.2, 0.25) is 0 Å². The zero-order chi connectivity index (χ0) is 16.7. The summed E-state index contributed by atoms with van der Waals surface area (Å²) in [6, 6.07) is 20.9. The molecule has 124 valence electrons. The van der Waals surface area contributed by atoms with E-state index in [1.54, 1.807) is 0 Å². The van der Waals surface area contributed by atoms with E-state index in [4.69, 9.17) is 0 Å². The Labute approximate surface area is 140 Å². The average Bonchev–Trinajstić information content (AvgIpc) is 2.54. The van der Waals surface area contributed by atoms with Crippen molar-refractivity contribution in [1.29, 1.82) is 0 Å². The van der Waals surface area contributed by atoms with Gasteiger partial charge in [0.25, 0.3) is 0 Å². The van der Waals surface area contributed by atoms with E-state index in [0.29, 0.717) is 0 Å². The molecule has 0 aliphatic carbocycles. The summed E-state index contributed by atoms with van der Waals surface area (Å²) in [5, 5.41) is 11.2. The van der Waals surface area contributed by atoms with Crippen LogP contribution in [0.5, 0.6) is 0 Å².